The molecule has 0 bridgehead atoms. The minimum absolute atomic E-state index is 0.221. The van der Waals surface area contributed by atoms with E-state index in [4.69, 9.17) is 27.8 Å². The Balaban J connectivity index is 2.24. The third kappa shape index (κ3) is 3.12. The molecule has 1 aromatic carbocycles. The van der Waals surface area contributed by atoms with Crippen LogP contribution < -0.4 is 16.2 Å². The lowest BCUT2D eigenvalue weighted by molar-refractivity contribution is 0.295. The SMILES string of the molecule is Cc1cc(Cl)c(OCC2CC2)c(C(N)CN)c1. The molecule has 0 aliphatic heterocycles. The van der Waals surface area contributed by atoms with Crippen molar-refractivity contribution in [1.29, 1.82) is 0 Å². The molecule has 3 nitrogen and oxygen atoms in total. The minimum atomic E-state index is -0.221. The average molecular weight is 255 g/mol. The van der Waals surface area contributed by atoms with Gasteiger partial charge in [-0.25, -0.2) is 0 Å². The molecule has 94 valence electrons. The van der Waals surface area contributed by atoms with E-state index >= 15 is 0 Å². The first kappa shape index (κ1) is 12.7. The van der Waals surface area contributed by atoms with Crippen molar-refractivity contribution in [2.45, 2.75) is 25.8 Å². The molecule has 1 aromatic rings. The number of ether oxygens (including phenoxy) is 1. The van der Waals surface area contributed by atoms with Crippen LogP contribution in [0.15, 0.2) is 12.1 Å². The molecule has 4 N–H and O–H groups in total. The lowest BCUT2D eigenvalue weighted by Crippen LogP contribution is -2.22. The van der Waals surface area contributed by atoms with Crippen molar-refractivity contribution >= 4 is 11.6 Å². The summed E-state index contributed by atoms with van der Waals surface area (Å²) in [5, 5.41) is 0.629. The summed E-state index contributed by atoms with van der Waals surface area (Å²) in [5.41, 5.74) is 13.6. The van der Waals surface area contributed by atoms with Gasteiger partial charge in [0.05, 0.1) is 11.6 Å². The van der Waals surface area contributed by atoms with Crippen LogP contribution in [-0.2, 0) is 0 Å². The van der Waals surface area contributed by atoms with E-state index in [1.165, 1.54) is 12.8 Å². The molecule has 0 amide bonds. The number of halogens is 1. The first-order valence-electron chi connectivity index (χ1n) is 6.00. The summed E-state index contributed by atoms with van der Waals surface area (Å²) in [7, 11) is 0. The normalized spacial score (nSPS) is 16.9. The van der Waals surface area contributed by atoms with E-state index < -0.39 is 0 Å². The number of hydrogen-bond acceptors (Lipinski definition) is 3. The van der Waals surface area contributed by atoms with Gasteiger partial charge in [0.25, 0.3) is 0 Å². The lowest BCUT2D eigenvalue weighted by Gasteiger charge is -2.18. The summed E-state index contributed by atoms with van der Waals surface area (Å²) in [6, 6.07) is 3.68. The van der Waals surface area contributed by atoms with Crippen molar-refractivity contribution < 1.29 is 4.74 Å². The van der Waals surface area contributed by atoms with Gasteiger partial charge in [0.15, 0.2) is 0 Å². The zero-order valence-electron chi connectivity index (χ0n) is 10.1. The van der Waals surface area contributed by atoms with Gasteiger partial charge in [0, 0.05) is 18.2 Å². The van der Waals surface area contributed by atoms with Crippen LogP contribution in [0.4, 0.5) is 0 Å². The molecule has 1 saturated carbocycles. The van der Waals surface area contributed by atoms with Crippen molar-refractivity contribution in [2.75, 3.05) is 13.2 Å². The van der Waals surface area contributed by atoms with Gasteiger partial charge in [0.2, 0.25) is 0 Å². The van der Waals surface area contributed by atoms with Crippen LogP contribution in [0.3, 0.4) is 0 Å². The van der Waals surface area contributed by atoms with Gasteiger partial charge in [-0.05, 0) is 37.3 Å². The third-order valence-electron chi connectivity index (χ3n) is 3.03. The van der Waals surface area contributed by atoms with Gasteiger partial charge in [-0.15, -0.1) is 0 Å². The van der Waals surface area contributed by atoms with Gasteiger partial charge < -0.3 is 16.2 Å². The van der Waals surface area contributed by atoms with Crippen LogP contribution >= 0.6 is 11.6 Å². The highest BCUT2D eigenvalue weighted by Gasteiger charge is 2.23. The molecule has 1 aliphatic rings. The monoisotopic (exact) mass is 254 g/mol. The maximum absolute atomic E-state index is 6.22. The molecule has 1 fully saturated rings. The van der Waals surface area contributed by atoms with Crippen LogP contribution in [0.1, 0.15) is 30.0 Å². The summed E-state index contributed by atoms with van der Waals surface area (Å²) in [4.78, 5) is 0. The second-order valence-corrected chi connectivity index (χ2v) is 5.17. The average Bonchev–Trinajstić information content (AvgIpc) is 3.09. The molecule has 0 spiro atoms. The molecule has 2 rings (SSSR count). The van der Waals surface area contributed by atoms with Crippen LogP contribution in [-0.4, -0.2) is 13.2 Å². The predicted octanol–water partition coefficient (Wildman–Crippen LogP) is 2.40. The van der Waals surface area contributed by atoms with Gasteiger partial charge >= 0.3 is 0 Å². The van der Waals surface area contributed by atoms with Crippen molar-refractivity contribution in [3.05, 3.63) is 28.3 Å². The fraction of sp³-hybridized carbons (Fsp3) is 0.538. The van der Waals surface area contributed by atoms with E-state index in [1.54, 1.807) is 0 Å². The fourth-order valence-electron chi connectivity index (χ4n) is 1.80. The summed E-state index contributed by atoms with van der Waals surface area (Å²) >= 11 is 6.22. The van der Waals surface area contributed by atoms with Crippen LogP contribution in [0.25, 0.3) is 0 Å². The third-order valence-corrected chi connectivity index (χ3v) is 3.31. The Morgan fingerprint density at radius 3 is 2.76 bits per heavy atom. The van der Waals surface area contributed by atoms with Crippen molar-refractivity contribution in [3.63, 3.8) is 0 Å². The van der Waals surface area contributed by atoms with E-state index in [9.17, 15) is 0 Å². The van der Waals surface area contributed by atoms with Gasteiger partial charge in [-0.2, -0.15) is 0 Å². The molecular weight excluding hydrogens is 236 g/mol. The molecule has 1 aliphatic carbocycles. The highest BCUT2D eigenvalue weighted by atomic mass is 35.5. The van der Waals surface area contributed by atoms with E-state index in [0.29, 0.717) is 23.2 Å². The summed E-state index contributed by atoms with van der Waals surface area (Å²) in [6.45, 7) is 3.11. The molecule has 17 heavy (non-hydrogen) atoms. The second kappa shape index (κ2) is 5.25. The molecule has 0 heterocycles. The quantitative estimate of drug-likeness (QED) is 0.848. The summed E-state index contributed by atoms with van der Waals surface area (Å²) in [6.07, 6.45) is 2.50. The molecule has 0 saturated heterocycles. The van der Waals surface area contributed by atoms with Gasteiger partial charge in [-0.1, -0.05) is 17.7 Å². The number of aryl methyl sites for hydroxylation is 1. The first-order valence-corrected chi connectivity index (χ1v) is 6.38. The van der Waals surface area contributed by atoms with Crippen LogP contribution in [0.2, 0.25) is 5.02 Å². The summed E-state index contributed by atoms with van der Waals surface area (Å²) in [5.74, 6) is 1.40. The first-order chi connectivity index (χ1) is 8.11. The van der Waals surface area contributed by atoms with Gasteiger partial charge in [-0.3, -0.25) is 0 Å². The topological polar surface area (TPSA) is 61.3 Å². The molecule has 0 radical (unpaired) electrons. The molecule has 0 aromatic heterocycles. The van der Waals surface area contributed by atoms with E-state index in [1.807, 2.05) is 19.1 Å². The Kier molecular flexibility index (Phi) is 3.92. The van der Waals surface area contributed by atoms with E-state index in [0.717, 1.165) is 17.7 Å². The van der Waals surface area contributed by atoms with Crippen LogP contribution in [0.5, 0.6) is 5.75 Å². The maximum atomic E-state index is 6.22. The van der Waals surface area contributed by atoms with Crippen LogP contribution in [0, 0.1) is 12.8 Å². The zero-order chi connectivity index (χ0) is 12.4. The largest absolute Gasteiger partial charge is 0.491 e. The Bertz CT molecular complexity index is 405. The Morgan fingerprint density at radius 1 is 1.47 bits per heavy atom. The number of nitrogens with two attached hydrogens (primary N) is 2. The van der Waals surface area contributed by atoms with Crippen molar-refractivity contribution in [2.24, 2.45) is 17.4 Å². The highest BCUT2D eigenvalue weighted by molar-refractivity contribution is 6.32. The highest BCUT2D eigenvalue weighted by Crippen LogP contribution is 2.36. The van der Waals surface area contributed by atoms with Gasteiger partial charge in [0.1, 0.15) is 5.75 Å². The predicted molar refractivity (Wildman–Crippen MR) is 70.4 cm³/mol. The molecule has 1 unspecified atom stereocenters. The smallest absolute Gasteiger partial charge is 0.142 e. The standard InChI is InChI=1S/C13H19ClN2O/c1-8-4-10(12(16)6-15)13(11(14)5-8)17-7-9-2-3-9/h4-5,9,12H,2-3,6-7,15-16H2,1H3. The lowest BCUT2D eigenvalue weighted by atomic mass is 10.0. The number of rotatable bonds is 5. The fourth-order valence-corrected chi connectivity index (χ4v) is 2.13. The Hall–Kier alpha value is -0.770. The van der Waals surface area contributed by atoms with E-state index in [2.05, 4.69) is 0 Å². The maximum Gasteiger partial charge on any atom is 0.142 e. The van der Waals surface area contributed by atoms with Crippen molar-refractivity contribution in [1.82, 2.24) is 0 Å². The molecular formula is C13H19ClN2O. The summed E-state index contributed by atoms with van der Waals surface area (Å²) < 4.78 is 5.80. The minimum Gasteiger partial charge on any atom is -0.491 e. The Labute approximate surface area is 107 Å². The Morgan fingerprint density at radius 2 is 2.18 bits per heavy atom. The zero-order valence-corrected chi connectivity index (χ0v) is 10.8. The molecule has 1 atom stereocenters. The number of hydrogen-bond donors (Lipinski definition) is 2. The molecule has 4 heteroatoms. The second-order valence-electron chi connectivity index (χ2n) is 4.76. The number of benzene rings is 1. The van der Waals surface area contributed by atoms with E-state index in [-0.39, 0.29) is 6.04 Å². The van der Waals surface area contributed by atoms with Crippen molar-refractivity contribution in [3.8, 4) is 5.75 Å².